The second-order valence-electron chi connectivity index (χ2n) is 14.0. The number of benzene rings is 3. The highest BCUT2D eigenvalue weighted by atomic mass is 35.5. The first kappa shape index (κ1) is 32.8. The van der Waals surface area contributed by atoms with Gasteiger partial charge in [-0.05, 0) is 91.4 Å². The molecule has 1 atom stereocenters. The van der Waals surface area contributed by atoms with Crippen molar-refractivity contribution in [1.29, 1.82) is 0 Å². The Balaban J connectivity index is 0.892. The van der Waals surface area contributed by atoms with Crippen molar-refractivity contribution in [2.45, 2.75) is 56.9 Å². The summed E-state index contributed by atoms with van der Waals surface area (Å²) in [6.07, 6.45) is 5.80. The van der Waals surface area contributed by atoms with Gasteiger partial charge in [0.25, 0.3) is 5.91 Å². The Kier molecular flexibility index (Phi) is 8.29. The zero-order valence-corrected chi connectivity index (χ0v) is 29.1. The molecule has 10 nitrogen and oxygen atoms in total. The number of hydrogen-bond donors (Lipinski definition) is 2. The molecular formula is C40H36ClFN6O4. The fourth-order valence-corrected chi connectivity index (χ4v) is 7.50. The average Bonchev–Trinajstić information content (AvgIpc) is 3.81. The van der Waals surface area contributed by atoms with Gasteiger partial charge in [-0.3, -0.25) is 14.5 Å². The topological polar surface area (TPSA) is 111 Å². The van der Waals surface area contributed by atoms with Crippen LogP contribution in [-0.2, 0) is 34.6 Å². The molecular weight excluding hydrogens is 683 g/mol. The monoisotopic (exact) mass is 718 g/mol. The number of ether oxygens (including phenoxy) is 2. The fraction of sp³-hybridized carbons (Fsp3) is 0.300. The van der Waals surface area contributed by atoms with Crippen molar-refractivity contribution in [3.05, 3.63) is 118 Å². The van der Waals surface area contributed by atoms with E-state index in [0.717, 1.165) is 84.8 Å². The molecule has 4 aliphatic rings. The van der Waals surface area contributed by atoms with Crippen LogP contribution >= 0.6 is 11.6 Å². The molecule has 1 spiro atoms. The lowest BCUT2D eigenvalue weighted by atomic mass is 9.97. The molecule has 5 heterocycles. The third-order valence-electron chi connectivity index (χ3n) is 10.6. The van der Waals surface area contributed by atoms with E-state index in [1.54, 1.807) is 18.2 Å². The van der Waals surface area contributed by atoms with Crippen LogP contribution in [0.1, 0.15) is 58.7 Å². The number of carbonyl (C=O) groups excluding carboxylic acids is 2. The van der Waals surface area contributed by atoms with Crippen molar-refractivity contribution < 1.29 is 23.5 Å². The highest BCUT2D eigenvalue weighted by Gasteiger charge is 2.56. The third kappa shape index (κ3) is 6.23. The molecule has 1 aliphatic carbocycles. The Morgan fingerprint density at radius 2 is 1.98 bits per heavy atom. The van der Waals surface area contributed by atoms with Gasteiger partial charge in [0.2, 0.25) is 11.8 Å². The number of imidazole rings is 1. The van der Waals surface area contributed by atoms with Gasteiger partial charge >= 0.3 is 0 Å². The first-order chi connectivity index (χ1) is 25.3. The Bertz CT molecular complexity index is 2280. The number of anilines is 2. The quantitative estimate of drug-likeness (QED) is 0.158. The van der Waals surface area contributed by atoms with Gasteiger partial charge in [-0.15, -0.1) is 0 Å². The molecule has 264 valence electrons. The summed E-state index contributed by atoms with van der Waals surface area (Å²) in [6.45, 7) is 3.70. The summed E-state index contributed by atoms with van der Waals surface area (Å²) in [5.41, 5.74) is 6.66. The van der Waals surface area contributed by atoms with Crippen LogP contribution in [0.2, 0.25) is 5.02 Å². The Morgan fingerprint density at radius 1 is 1.10 bits per heavy atom. The van der Waals surface area contributed by atoms with E-state index in [4.69, 9.17) is 31.0 Å². The van der Waals surface area contributed by atoms with Crippen molar-refractivity contribution in [3.8, 4) is 5.88 Å². The van der Waals surface area contributed by atoms with Crippen LogP contribution in [0.5, 0.6) is 5.88 Å². The number of nitrogens with one attached hydrogen (secondary N) is 2. The molecule has 9 rings (SSSR count). The van der Waals surface area contributed by atoms with Gasteiger partial charge < -0.3 is 24.7 Å². The molecule has 0 radical (unpaired) electrons. The molecule has 3 aliphatic heterocycles. The van der Waals surface area contributed by atoms with Crippen LogP contribution in [0.25, 0.3) is 16.6 Å². The minimum atomic E-state index is -0.424. The zero-order valence-electron chi connectivity index (χ0n) is 28.3. The van der Waals surface area contributed by atoms with E-state index in [1.165, 1.54) is 6.07 Å². The number of fused-ring (bicyclic) bond motifs is 3. The number of nitrogens with zero attached hydrogens (tertiary/aromatic N) is 4. The number of carbonyl (C=O) groups is 2. The number of halogens is 2. The van der Waals surface area contributed by atoms with Crippen LogP contribution in [0, 0.1) is 5.82 Å². The minimum Gasteiger partial charge on any atom is -0.473 e. The molecule has 3 aromatic carbocycles. The molecule has 5 aromatic rings. The molecule has 52 heavy (non-hydrogen) atoms. The molecule has 12 heteroatoms. The van der Waals surface area contributed by atoms with Gasteiger partial charge in [0.05, 0.1) is 41.3 Å². The Hall–Kier alpha value is -5.10. The third-order valence-corrected chi connectivity index (χ3v) is 10.8. The summed E-state index contributed by atoms with van der Waals surface area (Å²) >= 11 is 5.88. The summed E-state index contributed by atoms with van der Waals surface area (Å²) in [5.74, 6) is 0.774. The summed E-state index contributed by atoms with van der Waals surface area (Å²) in [5, 5.41) is 6.34. The summed E-state index contributed by atoms with van der Waals surface area (Å²) < 4.78 is 28.1. The maximum atomic E-state index is 14.2. The second-order valence-corrected chi connectivity index (χ2v) is 14.4. The average molecular weight is 719 g/mol. The molecule has 2 aromatic heterocycles. The molecule has 2 N–H and O–H groups in total. The second kappa shape index (κ2) is 13.1. The van der Waals surface area contributed by atoms with E-state index in [9.17, 15) is 14.0 Å². The lowest BCUT2D eigenvalue weighted by Crippen LogP contribution is -2.33. The van der Waals surface area contributed by atoms with Crippen LogP contribution in [0.15, 0.2) is 78.9 Å². The van der Waals surface area contributed by atoms with Gasteiger partial charge in [-0.25, -0.2) is 14.4 Å². The Labute approximate surface area is 304 Å². The number of amides is 2. The maximum Gasteiger partial charge on any atom is 0.255 e. The largest absolute Gasteiger partial charge is 0.473 e. The molecule has 1 saturated carbocycles. The summed E-state index contributed by atoms with van der Waals surface area (Å²) in [4.78, 5) is 38.0. The van der Waals surface area contributed by atoms with E-state index in [1.807, 2.05) is 48.5 Å². The van der Waals surface area contributed by atoms with E-state index in [2.05, 4.69) is 26.2 Å². The lowest BCUT2D eigenvalue weighted by molar-refractivity contribution is -0.117. The predicted molar refractivity (Wildman–Crippen MR) is 196 cm³/mol. The van der Waals surface area contributed by atoms with Crippen molar-refractivity contribution in [2.24, 2.45) is 0 Å². The maximum absolute atomic E-state index is 14.2. The highest BCUT2D eigenvalue weighted by Crippen LogP contribution is 2.55. The standard InChI is InChI=1S/C40H36ClFN6O4/c41-27-6-4-26(31(42)19-27)23-52-37-3-1-2-32(45-37)24-10-15-47(16-11-24)22-36-44-34-18-25(5-9-35(34)48(36)21-29-12-17-51-29)38(49)43-28-7-8-33-30(20-28)40(13-14-40)39(50)46-33/h1-10,18-20,29H,11-17,21-23H2,(H,43,49)(H,46,50)/t29-/m0/s1. The van der Waals surface area contributed by atoms with Crippen molar-refractivity contribution in [2.75, 3.05) is 30.3 Å². The van der Waals surface area contributed by atoms with Gasteiger partial charge in [0.15, 0.2) is 0 Å². The van der Waals surface area contributed by atoms with Gasteiger partial charge in [0.1, 0.15) is 18.2 Å². The number of pyridine rings is 1. The Morgan fingerprint density at radius 3 is 2.75 bits per heavy atom. The number of hydrogen-bond acceptors (Lipinski definition) is 7. The first-order valence-corrected chi connectivity index (χ1v) is 18.0. The van der Waals surface area contributed by atoms with Gasteiger partial charge in [-0.1, -0.05) is 29.8 Å². The first-order valence-electron chi connectivity index (χ1n) is 17.6. The highest BCUT2D eigenvalue weighted by molar-refractivity contribution is 6.30. The molecule has 2 amide bonds. The van der Waals surface area contributed by atoms with Crippen molar-refractivity contribution >= 4 is 51.4 Å². The normalized spacial score (nSPS) is 18.8. The van der Waals surface area contributed by atoms with E-state index in [0.29, 0.717) is 40.8 Å². The van der Waals surface area contributed by atoms with Crippen LogP contribution in [0.3, 0.4) is 0 Å². The number of aromatic nitrogens is 3. The van der Waals surface area contributed by atoms with E-state index >= 15 is 0 Å². The van der Waals surface area contributed by atoms with Gasteiger partial charge in [0, 0.05) is 53.3 Å². The molecule has 1 saturated heterocycles. The SMILES string of the molecule is O=C(Nc1ccc2c(c1)C1(CC1)C(=O)N2)c1ccc2c(c1)nc(CN1CC=C(c3cccc(OCc4ccc(Cl)cc4F)n3)CC1)n2C[C@@H]1CCO1. The van der Waals surface area contributed by atoms with Crippen molar-refractivity contribution in [1.82, 2.24) is 19.4 Å². The molecule has 0 unspecified atom stereocenters. The predicted octanol–water partition coefficient (Wildman–Crippen LogP) is 7.12. The zero-order chi connectivity index (χ0) is 35.4. The molecule has 2 fully saturated rings. The van der Waals surface area contributed by atoms with E-state index in [-0.39, 0.29) is 24.5 Å². The van der Waals surface area contributed by atoms with Crippen LogP contribution in [0.4, 0.5) is 15.8 Å². The van der Waals surface area contributed by atoms with E-state index < -0.39 is 11.2 Å². The smallest absolute Gasteiger partial charge is 0.255 e. The molecule has 0 bridgehead atoms. The summed E-state index contributed by atoms with van der Waals surface area (Å²) in [6, 6.07) is 21.5. The van der Waals surface area contributed by atoms with Crippen LogP contribution < -0.4 is 15.4 Å². The fourth-order valence-electron chi connectivity index (χ4n) is 7.35. The minimum absolute atomic E-state index is 0.0507. The van der Waals surface area contributed by atoms with Crippen LogP contribution in [-0.4, -0.2) is 57.0 Å². The van der Waals surface area contributed by atoms with Crippen molar-refractivity contribution in [3.63, 3.8) is 0 Å². The lowest BCUT2D eigenvalue weighted by Gasteiger charge is -2.29. The summed E-state index contributed by atoms with van der Waals surface area (Å²) in [7, 11) is 0. The number of rotatable bonds is 10. The van der Waals surface area contributed by atoms with Gasteiger partial charge in [-0.2, -0.15) is 0 Å².